The molecule has 1 aliphatic carbocycles. The van der Waals surface area contributed by atoms with Crippen molar-refractivity contribution in [1.82, 2.24) is 14.5 Å². The van der Waals surface area contributed by atoms with Gasteiger partial charge in [0.15, 0.2) is 0 Å². The summed E-state index contributed by atoms with van der Waals surface area (Å²) in [7, 11) is 0. The second-order valence-corrected chi connectivity index (χ2v) is 8.93. The first-order chi connectivity index (χ1) is 14.2. The number of carbonyl (C=O) groups excluding carboxylic acids is 1. The summed E-state index contributed by atoms with van der Waals surface area (Å²) in [5, 5.41) is 3.49. The van der Waals surface area contributed by atoms with Crippen molar-refractivity contribution in [2.45, 2.75) is 58.1 Å². The Bertz CT molecular complexity index is 1100. The molecule has 8 heteroatoms. The van der Waals surface area contributed by atoms with Gasteiger partial charge in [0.25, 0.3) is 0 Å². The number of hydrogen-bond donors (Lipinski definition) is 1. The molecule has 0 bridgehead atoms. The van der Waals surface area contributed by atoms with Crippen LogP contribution in [0.15, 0.2) is 30.7 Å². The predicted octanol–water partition coefficient (Wildman–Crippen LogP) is 6.35. The molecule has 1 N–H and O–H groups in total. The van der Waals surface area contributed by atoms with Gasteiger partial charge in [-0.3, -0.25) is 5.32 Å². The molecule has 0 spiro atoms. The van der Waals surface area contributed by atoms with E-state index in [1.165, 1.54) is 31.3 Å². The molecule has 3 aromatic rings. The van der Waals surface area contributed by atoms with Gasteiger partial charge in [-0.25, -0.2) is 19.2 Å². The molecule has 30 heavy (non-hydrogen) atoms. The number of aromatic nitrogens is 3. The number of halogens is 2. The molecule has 0 unspecified atom stereocenters. The molecule has 0 saturated heterocycles. The van der Waals surface area contributed by atoms with Crippen molar-refractivity contribution in [1.29, 1.82) is 0 Å². The highest BCUT2D eigenvalue weighted by atomic mass is 35.5. The van der Waals surface area contributed by atoms with Crippen LogP contribution in [0, 0.1) is 5.82 Å². The van der Waals surface area contributed by atoms with E-state index in [1.54, 1.807) is 26.8 Å². The summed E-state index contributed by atoms with van der Waals surface area (Å²) >= 11 is 6.40. The van der Waals surface area contributed by atoms with Crippen molar-refractivity contribution < 1.29 is 13.9 Å². The monoisotopic (exact) mass is 430 g/mol. The van der Waals surface area contributed by atoms with E-state index in [4.69, 9.17) is 16.3 Å². The average molecular weight is 431 g/mol. The summed E-state index contributed by atoms with van der Waals surface area (Å²) < 4.78 is 22.1. The summed E-state index contributed by atoms with van der Waals surface area (Å²) in [6.45, 7) is 5.24. The third-order valence-electron chi connectivity index (χ3n) is 5.20. The summed E-state index contributed by atoms with van der Waals surface area (Å²) in [4.78, 5) is 20.5. The molecule has 4 rings (SSSR count). The largest absolute Gasteiger partial charge is 0.444 e. The van der Waals surface area contributed by atoms with Crippen molar-refractivity contribution >= 4 is 34.4 Å². The lowest BCUT2D eigenvalue weighted by atomic mass is 10.1. The fourth-order valence-corrected chi connectivity index (χ4v) is 4.15. The van der Waals surface area contributed by atoms with Crippen molar-refractivity contribution in [3.8, 4) is 11.1 Å². The van der Waals surface area contributed by atoms with Crippen LogP contribution in [-0.4, -0.2) is 26.2 Å². The van der Waals surface area contributed by atoms with E-state index in [1.807, 2.05) is 6.20 Å². The van der Waals surface area contributed by atoms with Gasteiger partial charge in [0, 0.05) is 17.8 Å². The third kappa shape index (κ3) is 4.12. The highest BCUT2D eigenvalue weighted by molar-refractivity contribution is 6.35. The molecular weight excluding hydrogens is 407 g/mol. The van der Waals surface area contributed by atoms with Crippen LogP contribution < -0.4 is 5.32 Å². The highest BCUT2D eigenvalue weighted by Gasteiger charge is 2.24. The Balaban J connectivity index is 1.71. The Labute approximate surface area is 179 Å². The Morgan fingerprint density at radius 3 is 2.67 bits per heavy atom. The van der Waals surface area contributed by atoms with Gasteiger partial charge in [-0.05, 0) is 51.3 Å². The summed E-state index contributed by atoms with van der Waals surface area (Å²) in [6.07, 6.45) is 7.25. The summed E-state index contributed by atoms with van der Waals surface area (Å²) in [5.41, 5.74) is 1.55. The van der Waals surface area contributed by atoms with Crippen LogP contribution in [-0.2, 0) is 4.74 Å². The number of anilines is 1. The summed E-state index contributed by atoms with van der Waals surface area (Å²) in [5.74, 6) is -0.562. The van der Waals surface area contributed by atoms with Crippen LogP contribution in [0.25, 0.3) is 22.2 Å². The maximum Gasteiger partial charge on any atom is 0.412 e. The van der Waals surface area contributed by atoms with E-state index >= 15 is 0 Å². The molecule has 0 atom stereocenters. The van der Waals surface area contributed by atoms with Crippen LogP contribution in [0.5, 0.6) is 0 Å². The first-order valence-corrected chi connectivity index (χ1v) is 10.4. The molecule has 6 nitrogen and oxygen atoms in total. The van der Waals surface area contributed by atoms with Crippen molar-refractivity contribution in [2.24, 2.45) is 0 Å². The number of benzene rings is 1. The smallest absolute Gasteiger partial charge is 0.412 e. The Hall–Kier alpha value is -2.67. The second kappa shape index (κ2) is 7.87. The van der Waals surface area contributed by atoms with Crippen LogP contribution in [0.3, 0.4) is 0 Å². The summed E-state index contributed by atoms with van der Waals surface area (Å²) in [6, 6.07) is 4.99. The molecule has 2 heterocycles. The van der Waals surface area contributed by atoms with Gasteiger partial charge in [-0.15, -0.1) is 0 Å². The van der Waals surface area contributed by atoms with Crippen LogP contribution in [0.2, 0.25) is 5.15 Å². The second-order valence-electron chi connectivity index (χ2n) is 8.57. The van der Waals surface area contributed by atoms with Gasteiger partial charge in [-0.2, -0.15) is 0 Å². The quantitative estimate of drug-likeness (QED) is 0.491. The van der Waals surface area contributed by atoms with Gasteiger partial charge in [0.05, 0.1) is 11.1 Å². The number of rotatable bonds is 3. The number of carbonyl (C=O) groups is 1. The van der Waals surface area contributed by atoms with Crippen molar-refractivity contribution in [2.75, 3.05) is 5.32 Å². The van der Waals surface area contributed by atoms with Gasteiger partial charge in [0.2, 0.25) is 0 Å². The maximum atomic E-state index is 14.8. The van der Waals surface area contributed by atoms with E-state index in [2.05, 4.69) is 19.9 Å². The van der Waals surface area contributed by atoms with E-state index in [9.17, 15) is 9.18 Å². The minimum absolute atomic E-state index is 0.0508. The molecule has 158 valence electrons. The number of nitrogens with zero attached hydrogens (tertiary/aromatic N) is 3. The molecule has 1 amide bonds. The lowest BCUT2D eigenvalue weighted by Gasteiger charge is -2.19. The lowest BCUT2D eigenvalue weighted by molar-refractivity contribution is 0.0635. The number of hydrogen-bond acceptors (Lipinski definition) is 4. The average Bonchev–Trinajstić information content (AvgIpc) is 3.30. The van der Waals surface area contributed by atoms with Gasteiger partial charge >= 0.3 is 6.09 Å². The molecule has 2 aromatic heterocycles. The van der Waals surface area contributed by atoms with E-state index in [0.29, 0.717) is 22.1 Å². The zero-order valence-electron chi connectivity index (χ0n) is 17.2. The van der Waals surface area contributed by atoms with Crippen LogP contribution >= 0.6 is 11.6 Å². The molecule has 1 saturated carbocycles. The fraction of sp³-hybridized carbons (Fsp3) is 0.409. The minimum atomic E-state index is -0.705. The van der Waals surface area contributed by atoms with Crippen LogP contribution in [0.4, 0.5) is 14.9 Å². The Morgan fingerprint density at radius 1 is 1.27 bits per heavy atom. The normalized spacial score (nSPS) is 15.0. The Kier molecular flexibility index (Phi) is 5.40. The highest BCUT2D eigenvalue weighted by Crippen LogP contribution is 2.39. The van der Waals surface area contributed by atoms with Gasteiger partial charge in [-0.1, -0.05) is 30.5 Å². The molecule has 1 aromatic carbocycles. The standard InChI is InChI=1S/C22H24ClFN4O2/c1-22(2,3)30-21(29)27-17-9-8-13(10-16(17)24)15-11-28(14-6-4-5-7-14)20-18(15)19(23)25-12-26-20/h8-12,14H,4-7H2,1-3H3,(H,27,29). The Morgan fingerprint density at radius 2 is 2.00 bits per heavy atom. The van der Waals surface area contributed by atoms with E-state index in [-0.39, 0.29) is 5.69 Å². The zero-order chi connectivity index (χ0) is 21.5. The van der Waals surface area contributed by atoms with E-state index in [0.717, 1.165) is 24.1 Å². The fourth-order valence-electron chi connectivity index (χ4n) is 3.92. The topological polar surface area (TPSA) is 69.0 Å². The first kappa shape index (κ1) is 20.6. The molecule has 0 aliphatic heterocycles. The lowest BCUT2D eigenvalue weighted by Crippen LogP contribution is -2.27. The van der Waals surface area contributed by atoms with Crippen LogP contribution in [0.1, 0.15) is 52.5 Å². The third-order valence-corrected chi connectivity index (χ3v) is 5.48. The predicted molar refractivity (Wildman–Crippen MR) is 115 cm³/mol. The van der Waals surface area contributed by atoms with E-state index < -0.39 is 17.5 Å². The zero-order valence-corrected chi connectivity index (χ0v) is 18.0. The number of ether oxygens (including phenoxy) is 1. The van der Waals surface area contributed by atoms with Crippen molar-refractivity contribution in [3.05, 3.63) is 41.7 Å². The first-order valence-electron chi connectivity index (χ1n) is 10.0. The number of amides is 1. The van der Waals surface area contributed by atoms with Gasteiger partial charge in [0.1, 0.15) is 28.5 Å². The number of fused-ring (bicyclic) bond motifs is 1. The number of nitrogens with one attached hydrogen (secondary N) is 1. The minimum Gasteiger partial charge on any atom is -0.444 e. The van der Waals surface area contributed by atoms with Crippen molar-refractivity contribution in [3.63, 3.8) is 0 Å². The SMILES string of the molecule is CC(C)(C)OC(=O)Nc1ccc(-c2cn(C3CCCC3)c3ncnc(Cl)c23)cc1F. The molecular formula is C22H24ClFN4O2. The maximum absolute atomic E-state index is 14.8. The molecule has 0 radical (unpaired) electrons. The molecule has 1 fully saturated rings. The molecule has 1 aliphatic rings. The van der Waals surface area contributed by atoms with Gasteiger partial charge < -0.3 is 9.30 Å².